The van der Waals surface area contributed by atoms with Crippen molar-refractivity contribution in [1.29, 1.82) is 0 Å². The predicted octanol–water partition coefficient (Wildman–Crippen LogP) is 3.30. The topological polar surface area (TPSA) is 75.7 Å². The monoisotopic (exact) mass is 424 g/mol. The second-order valence-corrected chi connectivity index (χ2v) is 8.25. The average molecular weight is 425 g/mol. The summed E-state index contributed by atoms with van der Waals surface area (Å²) < 4.78 is 34.4. The molecule has 1 aliphatic heterocycles. The first-order valence-electron chi connectivity index (χ1n) is 7.62. The third-order valence-corrected chi connectivity index (χ3v) is 6.16. The van der Waals surface area contributed by atoms with Crippen molar-refractivity contribution in [1.82, 2.24) is 0 Å². The van der Waals surface area contributed by atoms with Gasteiger partial charge in [-0.15, -0.1) is 0 Å². The summed E-state index contributed by atoms with van der Waals surface area (Å²) in [6.45, 7) is 4.10. The highest BCUT2D eigenvalue weighted by molar-refractivity contribution is 9.10. The Hall–Kier alpha value is -2.06. The zero-order valence-corrected chi connectivity index (χ0v) is 16.1. The van der Waals surface area contributed by atoms with Crippen molar-refractivity contribution in [3.8, 4) is 5.75 Å². The van der Waals surface area contributed by atoms with Crippen molar-refractivity contribution in [2.24, 2.45) is 0 Å². The standard InChI is InChI=1S/C17H17BrN2O4S/c1-11-9-13(3-5-15(11)18)19-25(22,23)14-4-6-17-16(10-14)20(12(2)21)7-8-24-17/h3-6,9-10,19H,7-8H2,1-2H3. The number of carbonyl (C=O) groups excluding carboxylic acids is 1. The molecule has 0 fully saturated rings. The van der Waals surface area contributed by atoms with Crippen LogP contribution in [-0.2, 0) is 14.8 Å². The molecule has 1 amide bonds. The molecule has 1 aliphatic rings. The number of ether oxygens (including phenoxy) is 1. The molecule has 0 radical (unpaired) electrons. The van der Waals surface area contributed by atoms with Gasteiger partial charge in [-0.25, -0.2) is 8.42 Å². The molecule has 0 bridgehead atoms. The van der Waals surface area contributed by atoms with Crippen LogP contribution in [0.4, 0.5) is 11.4 Å². The van der Waals surface area contributed by atoms with E-state index in [0.717, 1.165) is 10.0 Å². The zero-order chi connectivity index (χ0) is 18.2. The first-order valence-corrected chi connectivity index (χ1v) is 9.89. The second-order valence-electron chi connectivity index (χ2n) is 5.72. The number of rotatable bonds is 3. The third kappa shape index (κ3) is 3.64. The Morgan fingerprint density at radius 1 is 1.24 bits per heavy atom. The van der Waals surface area contributed by atoms with Gasteiger partial charge in [0, 0.05) is 17.1 Å². The molecule has 25 heavy (non-hydrogen) atoms. The van der Waals surface area contributed by atoms with E-state index in [4.69, 9.17) is 4.74 Å². The van der Waals surface area contributed by atoms with Gasteiger partial charge in [-0.05, 0) is 48.9 Å². The lowest BCUT2D eigenvalue weighted by atomic mass is 10.2. The number of fused-ring (bicyclic) bond motifs is 1. The van der Waals surface area contributed by atoms with Crippen LogP contribution >= 0.6 is 15.9 Å². The zero-order valence-electron chi connectivity index (χ0n) is 13.7. The average Bonchev–Trinajstić information content (AvgIpc) is 2.56. The van der Waals surface area contributed by atoms with Gasteiger partial charge in [-0.2, -0.15) is 0 Å². The molecule has 2 aromatic rings. The second kappa shape index (κ2) is 6.68. The molecule has 1 N–H and O–H groups in total. The molecular weight excluding hydrogens is 408 g/mol. The maximum Gasteiger partial charge on any atom is 0.261 e. The molecule has 2 aromatic carbocycles. The maximum absolute atomic E-state index is 12.7. The fourth-order valence-corrected chi connectivity index (χ4v) is 3.93. The maximum atomic E-state index is 12.7. The van der Waals surface area contributed by atoms with E-state index in [-0.39, 0.29) is 10.8 Å². The Morgan fingerprint density at radius 2 is 2.00 bits per heavy atom. The number of anilines is 2. The third-order valence-electron chi connectivity index (χ3n) is 3.89. The first kappa shape index (κ1) is 17.8. The number of hydrogen-bond donors (Lipinski definition) is 1. The van der Waals surface area contributed by atoms with Crippen molar-refractivity contribution in [3.63, 3.8) is 0 Å². The molecule has 0 saturated carbocycles. The molecule has 0 aromatic heterocycles. The highest BCUT2D eigenvalue weighted by Crippen LogP contribution is 2.34. The van der Waals surface area contributed by atoms with Gasteiger partial charge < -0.3 is 9.64 Å². The fourth-order valence-electron chi connectivity index (χ4n) is 2.61. The van der Waals surface area contributed by atoms with E-state index in [1.165, 1.54) is 24.0 Å². The van der Waals surface area contributed by atoms with Crippen molar-refractivity contribution in [3.05, 3.63) is 46.4 Å². The summed E-state index contributed by atoms with van der Waals surface area (Å²) in [7, 11) is -3.78. The summed E-state index contributed by atoms with van der Waals surface area (Å²) in [5.74, 6) is 0.343. The SMILES string of the molecule is CC(=O)N1CCOc2ccc(S(=O)(=O)Nc3ccc(Br)c(C)c3)cc21. The van der Waals surface area contributed by atoms with E-state index in [2.05, 4.69) is 20.7 Å². The summed E-state index contributed by atoms with van der Waals surface area (Å²) in [6.07, 6.45) is 0. The minimum Gasteiger partial charge on any atom is -0.490 e. The summed E-state index contributed by atoms with van der Waals surface area (Å²) in [5.41, 5.74) is 1.86. The van der Waals surface area contributed by atoms with Gasteiger partial charge in [0.15, 0.2) is 0 Å². The van der Waals surface area contributed by atoms with Gasteiger partial charge in [0.25, 0.3) is 10.0 Å². The van der Waals surface area contributed by atoms with E-state index in [1.54, 1.807) is 24.3 Å². The Bertz CT molecular complexity index is 944. The van der Waals surface area contributed by atoms with E-state index in [9.17, 15) is 13.2 Å². The van der Waals surface area contributed by atoms with Crippen LogP contribution in [0.5, 0.6) is 5.75 Å². The number of amides is 1. The number of nitrogens with zero attached hydrogens (tertiary/aromatic N) is 1. The van der Waals surface area contributed by atoms with Crippen molar-refractivity contribution in [2.75, 3.05) is 22.8 Å². The van der Waals surface area contributed by atoms with Crippen LogP contribution in [-0.4, -0.2) is 27.5 Å². The van der Waals surface area contributed by atoms with E-state index in [1.807, 2.05) is 6.92 Å². The molecule has 8 heteroatoms. The minimum absolute atomic E-state index is 0.0728. The lowest BCUT2D eigenvalue weighted by Gasteiger charge is -2.29. The summed E-state index contributed by atoms with van der Waals surface area (Å²) >= 11 is 3.39. The quantitative estimate of drug-likeness (QED) is 0.819. The molecule has 0 saturated heterocycles. The minimum atomic E-state index is -3.78. The van der Waals surface area contributed by atoms with Crippen LogP contribution in [0.3, 0.4) is 0 Å². The van der Waals surface area contributed by atoms with Crippen LogP contribution in [0, 0.1) is 6.92 Å². The number of benzene rings is 2. The number of sulfonamides is 1. The van der Waals surface area contributed by atoms with E-state index in [0.29, 0.717) is 30.3 Å². The largest absolute Gasteiger partial charge is 0.490 e. The van der Waals surface area contributed by atoms with Crippen molar-refractivity contribution >= 4 is 43.2 Å². The molecule has 0 spiro atoms. The van der Waals surface area contributed by atoms with E-state index >= 15 is 0 Å². The Kier molecular flexibility index (Phi) is 4.75. The first-order chi connectivity index (χ1) is 11.8. The Balaban J connectivity index is 1.96. The summed E-state index contributed by atoms with van der Waals surface area (Å²) in [4.78, 5) is 13.4. The highest BCUT2D eigenvalue weighted by Gasteiger charge is 2.24. The Labute approximate surface area is 155 Å². The van der Waals surface area contributed by atoms with Crippen molar-refractivity contribution < 1.29 is 17.9 Å². The number of carbonyl (C=O) groups is 1. The Morgan fingerprint density at radius 3 is 2.68 bits per heavy atom. The summed E-state index contributed by atoms with van der Waals surface area (Å²) in [6, 6.07) is 9.71. The smallest absolute Gasteiger partial charge is 0.261 e. The van der Waals surface area contributed by atoms with Crippen molar-refractivity contribution in [2.45, 2.75) is 18.7 Å². The van der Waals surface area contributed by atoms with Gasteiger partial charge in [0.05, 0.1) is 17.1 Å². The predicted molar refractivity (Wildman–Crippen MR) is 99.7 cm³/mol. The normalized spacial score (nSPS) is 13.8. The number of halogens is 1. The van der Waals surface area contributed by atoms with Gasteiger partial charge in [-0.3, -0.25) is 9.52 Å². The van der Waals surface area contributed by atoms with Crippen LogP contribution < -0.4 is 14.4 Å². The fraction of sp³-hybridized carbons (Fsp3) is 0.235. The molecule has 3 rings (SSSR count). The molecule has 0 unspecified atom stereocenters. The number of nitrogens with one attached hydrogen (secondary N) is 1. The van der Waals surface area contributed by atoms with Gasteiger partial charge >= 0.3 is 0 Å². The van der Waals surface area contributed by atoms with Crippen LogP contribution in [0.1, 0.15) is 12.5 Å². The number of aryl methyl sites for hydroxylation is 1. The lowest BCUT2D eigenvalue weighted by Crippen LogP contribution is -2.36. The molecule has 0 aliphatic carbocycles. The number of hydrogen-bond acceptors (Lipinski definition) is 4. The van der Waals surface area contributed by atoms with Gasteiger partial charge in [0.1, 0.15) is 12.4 Å². The van der Waals surface area contributed by atoms with Crippen LogP contribution in [0.25, 0.3) is 0 Å². The summed E-state index contributed by atoms with van der Waals surface area (Å²) in [5, 5.41) is 0. The van der Waals surface area contributed by atoms with Gasteiger partial charge in [-0.1, -0.05) is 15.9 Å². The van der Waals surface area contributed by atoms with Crippen LogP contribution in [0.15, 0.2) is 45.8 Å². The molecule has 0 atom stereocenters. The lowest BCUT2D eigenvalue weighted by molar-refractivity contribution is -0.116. The van der Waals surface area contributed by atoms with E-state index < -0.39 is 10.0 Å². The molecule has 6 nitrogen and oxygen atoms in total. The molecule has 132 valence electrons. The molecule has 1 heterocycles. The highest BCUT2D eigenvalue weighted by atomic mass is 79.9. The van der Waals surface area contributed by atoms with Crippen LogP contribution in [0.2, 0.25) is 0 Å². The van der Waals surface area contributed by atoms with Gasteiger partial charge in [0.2, 0.25) is 5.91 Å². The molecular formula is C17H17BrN2O4S.